The van der Waals surface area contributed by atoms with Crippen molar-refractivity contribution in [2.45, 2.75) is 39.6 Å². The molecule has 0 aromatic carbocycles. The van der Waals surface area contributed by atoms with Crippen LogP contribution in [0.15, 0.2) is 50.8 Å². The Labute approximate surface area is 187 Å². The molecule has 0 spiro atoms. The number of nitrogens with two attached hydrogens (primary N) is 1. The summed E-state index contributed by atoms with van der Waals surface area (Å²) in [6.45, 7) is 6.44. The monoisotopic (exact) mass is 436 g/mol. The van der Waals surface area contributed by atoms with E-state index >= 15 is 0 Å². The van der Waals surface area contributed by atoms with Gasteiger partial charge < -0.3 is 25.5 Å². The number of hydrogen-bond donors (Lipinski definition) is 3. The van der Waals surface area contributed by atoms with Crippen molar-refractivity contribution in [3.8, 4) is 6.07 Å². The number of rotatable bonds is 7. The second-order valence-corrected chi connectivity index (χ2v) is 8.45. The fourth-order valence-electron chi connectivity index (χ4n) is 3.51. The largest absolute Gasteiger partial charge is 0.444 e. The fourth-order valence-corrected chi connectivity index (χ4v) is 3.51. The number of likely N-dealkylation sites (tertiary alicyclic amines) is 1. The van der Waals surface area contributed by atoms with Crippen molar-refractivity contribution >= 4 is 17.2 Å². The van der Waals surface area contributed by atoms with Gasteiger partial charge in [0.05, 0.1) is 11.3 Å². The van der Waals surface area contributed by atoms with Crippen LogP contribution in [-0.4, -0.2) is 52.9 Å². The zero-order valence-corrected chi connectivity index (χ0v) is 18.7. The summed E-state index contributed by atoms with van der Waals surface area (Å²) in [5, 5.41) is 22.9. The number of allylic oxidation sites excluding steroid dienone is 5. The van der Waals surface area contributed by atoms with E-state index in [1.807, 2.05) is 20.8 Å². The smallest absolute Gasteiger partial charge is 0.229 e. The van der Waals surface area contributed by atoms with Gasteiger partial charge in [-0.15, -0.1) is 0 Å². The van der Waals surface area contributed by atoms with Gasteiger partial charge in [-0.25, -0.2) is 4.98 Å². The Morgan fingerprint density at radius 2 is 2.28 bits per heavy atom. The Balaban J connectivity index is 1.83. The fraction of sp³-hybridized carbons (Fsp3) is 0.435. The first-order valence-electron chi connectivity index (χ1n) is 10.4. The van der Waals surface area contributed by atoms with Crippen molar-refractivity contribution in [1.29, 1.82) is 5.26 Å². The van der Waals surface area contributed by atoms with Gasteiger partial charge >= 0.3 is 0 Å². The highest BCUT2D eigenvalue weighted by atomic mass is 16.3. The van der Waals surface area contributed by atoms with Crippen LogP contribution in [0.1, 0.15) is 45.0 Å². The van der Waals surface area contributed by atoms with Crippen LogP contribution in [0.5, 0.6) is 0 Å². The number of aromatic nitrogens is 1. The second kappa shape index (κ2) is 9.47. The summed E-state index contributed by atoms with van der Waals surface area (Å²) >= 11 is 0. The van der Waals surface area contributed by atoms with Crippen molar-refractivity contribution in [2.24, 2.45) is 16.1 Å². The molecule has 2 atom stereocenters. The molecule has 1 aromatic rings. The van der Waals surface area contributed by atoms with Gasteiger partial charge in [0, 0.05) is 24.1 Å². The number of nitriles is 1. The van der Waals surface area contributed by atoms with E-state index in [-0.39, 0.29) is 17.5 Å². The average Bonchev–Trinajstić information content (AvgIpc) is 3.28. The third-order valence-corrected chi connectivity index (χ3v) is 5.44. The van der Waals surface area contributed by atoms with Crippen LogP contribution < -0.4 is 11.1 Å². The number of aliphatic imine (C=N–C) groups is 1. The van der Waals surface area contributed by atoms with Gasteiger partial charge in [-0.2, -0.15) is 5.26 Å². The molecule has 2 heterocycles. The number of oxazole rings is 1. The second-order valence-electron chi connectivity index (χ2n) is 8.45. The maximum atomic E-state index is 12.7. The summed E-state index contributed by atoms with van der Waals surface area (Å²) in [6.07, 6.45) is 5.11. The molecular formula is C23H28N6O3. The average molecular weight is 437 g/mol. The highest BCUT2D eigenvalue weighted by molar-refractivity contribution is 5.96. The highest BCUT2D eigenvalue weighted by Crippen LogP contribution is 2.31. The Hall–Kier alpha value is -3.28. The van der Waals surface area contributed by atoms with E-state index in [0.29, 0.717) is 36.4 Å². The lowest BCUT2D eigenvalue weighted by Gasteiger charge is -2.27. The minimum absolute atomic E-state index is 0.0376. The molecule has 0 radical (unpaired) electrons. The number of carbonyl (C=O) groups is 1. The first kappa shape index (κ1) is 23.4. The summed E-state index contributed by atoms with van der Waals surface area (Å²) in [5.74, 6) is 0.204. The van der Waals surface area contributed by atoms with Crippen molar-refractivity contribution in [3.63, 3.8) is 0 Å². The van der Waals surface area contributed by atoms with E-state index in [9.17, 15) is 15.2 Å². The number of aliphatic hydroxyl groups is 1. The number of nitrogens with one attached hydrogen (secondary N) is 1. The molecule has 0 saturated carbocycles. The van der Waals surface area contributed by atoms with E-state index < -0.39 is 17.8 Å². The van der Waals surface area contributed by atoms with Crippen LogP contribution in [0.4, 0.5) is 0 Å². The third-order valence-electron chi connectivity index (χ3n) is 5.44. The minimum atomic E-state index is -1.33. The van der Waals surface area contributed by atoms with Crippen molar-refractivity contribution in [1.82, 2.24) is 15.2 Å². The lowest BCUT2D eigenvalue weighted by molar-refractivity contribution is -0.135. The van der Waals surface area contributed by atoms with Crippen LogP contribution in [0, 0.1) is 16.7 Å². The summed E-state index contributed by atoms with van der Waals surface area (Å²) in [7, 11) is 1.74. The zero-order chi connectivity index (χ0) is 23.5. The molecule has 1 amide bonds. The number of amides is 1. The molecule has 9 nitrogen and oxygen atoms in total. The predicted octanol–water partition coefficient (Wildman–Crippen LogP) is 1.82. The topological polar surface area (TPSA) is 141 Å². The zero-order valence-electron chi connectivity index (χ0n) is 18.7. The number of aliphatic hydroxyl groups excluding tert-OH is 1. The molecule has 3 rings (SSSR count). The van der Waals surface area contributed by atoms with Crippen molar-refractivity contribution < 1.29 is 14.3 Å². The van der Waals surface area contributed by atoms with E-state index in [2.05, 4.69) is 27.1 Å². The number of hydrogen-bond acceptors (Lipinski definition) is 8. The van der Waals surface area contributed by atoms with E-state index in [4.69, 9.17) is 10.2 Å². The molecule has 0 bridgehead atoms. The molecule has 1 aliphatic carbocycles. The van der Waals surface area contributed by atoms with Gasteiger partial charge in [0.2, 0.25) is 11.8 Å². The van der Waals surface area contributed by atoms with Crippen LogP contribution >= 0.6 is 0 Å². The quantitative estimate of drug-likeness (QED) is 0.437. The number of nitrogens with zero attached hydrogens (tertiary/aromatic N) is 4. The lowest BCUT2D eigenvalue weighted by Crippen LogP contribution is -2.52. The van der Waals surface area contributed by atoms with E-state index in [0.717, 1.165) is 5.57 Å². The normalized spacial score (nSPS) is 20.3. The van der Waals surface area contributed by atoms with Gasteiger partial charge in [0.15, 0.2) is 6.23 Å². The lowest BCUT2D eigenvalue weighted by atomic mass is 9.92. The Kier molecular flexibility index (Phi) is 6.92. The summed E-state index contributed by atoms with van der Waals surface area (Å²) in [6, 6.07) is 2.07. The van der Waals surface area contributed by atoms with Crippen LogP contribution in [0.25, 0.3) is 5.57 Å². The highest BCUT2D eigenvalue weighted by Gasteiger charge is 2.41. The Morgan fingerprint density at radius 1 is 1.53 bits per heavy atom. The Morgan fingerprint density at radius 3 is 2.91 bits per heavy atom. The van der Waals surface area contributed by atoms with E-state index in [1.54, 1.807) is 30.2 Å². The minimum Gasteiger partial charge on any atom is -0.444 e. The molecule has 2 unspecified atom stereocenters. The first-order valence-corrected chi connectivity index (χ1v) is 10.4. The maximum absolute atomic E-state index is 12.7. The molecule has 168 valence electrons. The molecule has 1 aliphatic heterocycles. The van der Waals surface area contributed by atoms with Crippen molar-refractivity contribution in [3.05, 3.63) is 53.0 Å². The third kappa shape index (κ3) is 4.96. The van der Waals surface area contributed by atoms with E-state index in [1.165, 1.54) is 6.26 Å². The van der Waals surface area contributed by atoms with Gasteiger partial charge in [-0.1, -0.05) is 25.7 Å². The van der Waals surface area contributed by atoms with Gasteiger partial charge in [-0.3, -0.25) is 9.79 Å². The van der Waals surface area contributed by atoms with Gasteiger partial charge in [0.25, 0.3) is 0 Å². The summed E-state index contributed by atoms with van der Waals surface area (Å²) in [5.41, 5.74) is 11.2. The summed E-state index contributed by atoms with van der Waals surface area (Å²) in [4.78, 5) is 22.9. The first-order chi connectivity index (χ1) is 15.2. The summed E-state index contributed by atoms with van der Waals surface area (Å²) < 4.78 is 5.52. The molecular weight excluding hydrogens is 408 g/mol. The molecule has 1 aromatic heterocycles. The van der Waals surface area contributed by atoms with Crippen LogP contribution in [0.2, 0.25) is 0 Å². The standard InChI is InChI=1S/C23H28N6O3/c1-14-5-6-16(10-15(9-14)11-24)21-28-18(13-32-21)20(30)27-17(12-26-4)19(25)29-8-7-23(2,3)22(29)31/h5-6,10,13,19-20,26,30H,7-8,12,25H2,1-4H3. The maximum Gasteiger partial charge on any atom is 0.229 e. The SMILES string of the molecule is CNCC(=NC(O)c1coc(C2=CC(C#N)=C=C(C)C=C2)n1)C(N)N1CCC(C)(C)C1=O. The van der Waals surface area contributed by atoms with Gasteiger partial charge in [-0.05, 0) is 38.1 Å². The molecule has 9 heteroatoms. The molecule has 2 aliphatic rings. The molecule has 1 saturated heterocycles. The molecule has 4 N–H and O–H groups in total. The predicted molar refractivity (Wildman–Crippen MR) is 120 cm³/mol. The van der Waals surface area contributed by atoms with Crippen LogP contribution in [-0.2, 0) is 4.79 Å². The Bertz CT molecular complexity index is 1100. The van der Waals surface area contributed by atoms with Crippen LogP contribution in [0.3, 0.4) is 0 Å². The number of carbonyl (C=O) groups excluding carboxylic acids is 1. The van der Waals surface area contributed by atoms with Crippen molar-refractivity contribution in [2.75, 3.05) is 20.1 Å². The van der Waals surface area contributed by atoms with Gasteiger partial charge in [0.1, 0.15) is 24.2 Å². The molecule has 32 heavy (non-hydrogen) atoms. The molecule has 1 fully saturated rings.